The van der Waals surface area contributed by atoms with Crippen molar-refractivity contribution in [2.45, 2.75) is 33.1 Å². The van der Waals surface area contributed by atoms with Crippen LogP contribution < -0.4 is 10.3 Å². The van der Waals surface area contributed by atoms with Crippen molar-refractivity contribution < 1.29 is 9.72 Å². The van der Waals surface area contributed by atoms with E-state index in [4.69, 9.17) is 0 Å². The van der Waals surface area contributed by atoms with Gasteiger partial charge in [0.2, 0.25) is 0 Å². The second kappa shape index (κ2) is 9.86. The first kappa shape index (κ1) is 19.8. The van der Waals surface area contributed by atoms with Gasteiger partial charge in [0.25, 0.3) is 11.6 Å². The molecule has 2 rings (SSSR count). The van der Waals surface area contributed by atoms with Gasteiger partial charge in [0.1, 0.15) is 0 Å². The van der Waals surface area contributed by atoms with E-state index in [9.17, 15) is 14.9 Å². The monoisotopic (exact) mass is 361 g/mol. The number of non-ortho nitro benzene ring substituents is 1. The molecule has 26 heavy (non-hydrogen) atoms. The van der Waals surface area contributed by atoms with Gasteiger partial charge in [-0.2, -0.15) is 5.10 Å². The number of carbonyl (C=O) groups is 1. The van der Waals surface area contributed by atoms with Crippen molar-refractivity contribution >= 4 is 23.5 Å². The van der Waals surface area contributed by atoms with Crippen LogP contribution in [-0.2, 0) is 4.79 Å². The van der Waals surface area contributed by atoms with Gasteiger partial charge in [0, 0.05) is 36.5 Å². The molecule has 0 unspecified atom stereocenters. The predicted octanol–water partition coefficient (Wildman–Crippen LogP) is 2.38. The number of hydrogen-bond donors (Lipinski definition) is 1. The van der Waals surface area contributed by atoms with Crippen LogP contribution in [0.15, 0.2) is 23.3 Å². The highest BCUT2D eigenvalue weighted by Crippen LogP contribution is 2.24. The van der Waals surface area contributed by atoms with Crippen molar-refractivity contribution in [3.8, 4) is 0 Å². The summed E-state index contributed by atoms with van der Waals surface area (Å²) in [6.07, 6.45) is 4.95. The van der Waals surface area contributed by atoms with Crippen molar-refractivity contribution in [1.82, 2.24) is 10.3 Å². The lowest BCUT2D eigenvalue weighted by molar-refractivity contribution is -0.384. The number of anilines is 1. The van der Waals surface area contributed by atoms with E-state index in [0.717, 1.165) is 44.7 Å². The normalized spacial score (nSPS) is 15.2. The number of hydrazone groups is 1. The van der Waals surface area contributed by atoms with Gasteiger partial charge in [-0.15, -0.1) is 0 Å². The predicted molar refractivity (Wildman–Crippen MR) is 103 cm³/mol. The van der Waals surface area contributed by atoms with Crippen LogP contribution in [0.1, 0.15) is 38.7 Å². The summed E-state index contributed by atoms with van der Waals surface area (Å²) in [5, 5.41) is 15.1. The van der Waals surface area contributed by atoms with Crippen LogP contribution in [0.4, 0.5) is 11.4 Å². The Morgan fingerprint density at radius 3 is 2.62 bits per heavy atom. The van der Waals surface area contributed by atoms with Gasteiger partial charge in [-0.1, -0.05) is 6.42 Å². The standard InChI is InChI=1S/C18H27N5O3/c1-3-22(4-2)17-9-8-16(23(25)26)12-15(17)13-19-20-18(24)14-21-10-6-5-7-11-21/h8-9,12-13H,3-7,10-11,14H2,1-2H3,(H,20,24)/b19-13-. The number of amides is 1. The molecule has 1 aliphatic heterocycles. The van der Waals surface area contributed by atoms with Gasteiger partial charge in [0.15, 0.2) is 0 Å². The molecule has 0 aromatic heterocycles. The topological polar surface area (TPSA) is 91.1 Å². The molecule has 1 aromatic rings. The van der Waals surface area contributed by atoms with Gasteiger partial charge < -0.3 is 4.90 Å². The SMILES string of the molecule is CCN(CC)c1ccc([N+](=O)[O-])cc1/C=N\NC(=O)CN1CCCCC1. The molecular formula is C18H27N5O3. The summed E-state index contributed by atoms with van der Waals surface area (Å²) in [6.45, 7) is 7.79. The van der Waals surface area contributed by atoms with Gasteiger partial charge in [-0.05, 0) is 45.8 Å². The quantitative estimate of drug-likeness (QED) is 0.436. The lowest BCUT2D eigenvalue weighted by Crippen LogP contribution is -2.38. The maximum absolute atomic E-state index is 12.0. The number of nitrogens with one attached hydrogen (secondary N) is 1. The Bertz CT molecular complexity index is 652. The molecule has 1 amide bonds. The Balaban J connectivity index is 2.07. The molecule has 1 fully saturated rings. The van der Waals surface area contributed by atoms with E-state index >= 15 is 0 Å². The minimum Gasteiger partial charge on any atom is -0.372 e. The van der Waals surface area contributed by atoms with Crippen molar-refractivity contribution in [2.75, 3.05) is 37.6 Å². The molecule has 0 saturated carbocycles. The van der Waals surface area contributed by atoms with E-state index in [2.05, 4.69) is 20.3 Å². The number of nitro benzene ring substituents is 1. The lowest BCUT2D eigenvalue weighted by atomic mass is 10.1. The van der Waals surface area contributed by atoms with Gasteiger partial charge in [-0.25, -0.2) is 5.43 Å². The number of likely N-dealkylation sites (tertiary alicyclic amines) is 1. The number of benzene rings is 1. The number of nitro groups is 1. The molecule has 0 radical (unpaired) electrons. The number of piperidine rings is 1. The molecule has 1 heterocycles. The summed E-state index contributed by atoms with van der Waals surface area (Å²) < 4.78 is 0. The summed E-state index contributed by atoms with van der Waals surface area (Å²) in [6, 6.07) is 4.69. The Kier molecular flexibility index (Phi) is 7.53. The molecule has 8 nitrogen and oxygen atoms in total. The highest BCUT2D eigenvalue weighted by atomic mass is 16.6. The average molecular weight is 361 g/mol. The highest BCUT2D eigenvalue weighted by Gasteiger charge is 2.15. The third kappa shape index (κ3) is 5.52. The highest BCUT2D eigenvalue weighted by molar-refractivity contribution is 5.90. The Labute approximate surface area is 154 Å². The van der Waals surface area contributed by atoms with Crippen molar-refractivity contribution in [2.24, 2.45) is 5.10 Å². The summed E-state index contributed by atoms with van der Waals surface area (Å²) >= 11 is 0. The largest absolute Gasteiger partial charge is 0.372 e. The zero-order valence-corrected chi connectivity index (χ0v) is 15.5. The first-order chi connectivity index (χ1) is 12.5. The molecule has 0 atom stereocenters. The number of rotatable bonds is 8. The fourth-order valence-corrected chi connectivity index (χ4v) is 3.14. The third-order valence-electron chi connectivity index (χ3n) is 4.53. The van der Waals surface area contributed by atoms with E-state index < -0.39 is 4.92 Å². The fraction of sp³-hybridized carbons (Fsp3) is 0.556. The maximum atomic E-state index is 12.0. The van der Waals surface area contributed by atoms with Crippen molar-refractivity contribution in [1.29, 1.82) is 0 Å². The summed E-state index contributed by atoms with van der Waals surface area (Å²) in [7, 11) is 0. The van der Waals surface area contributed by atoms with E-state index in [1.807, 2.05) is 13.8 Å². The fourth-order valence-electron chi connectivity index (χ4n) is 3.14. The number of hydrogen-bond acceptors (Lipinski definition) is 6. The van der Waals surface area contributed by atoms with Crippen LogP contribution in [-0.4, -0.2) is 54.7 Å². The van der Waals surface area contributed by atoms with Crippen LogP contribution in [0, 0.1) is 10.1 Å². The van der Waals surface area contributed by atoms with Gasteiger partial charge >= 0.3 is 0 Å². The summed E-state index contributed by atoms with van der Waals surface area (Å²) in [4.78, 5) is 26.8. The molecule has 0 aliphatic carbocycles. The zero-order chi connectivity index (χ0) is 18.9. The maximum Gasteiger partial charge on any atom is 0.270 e. The number of carbonyl (C=O) groups excluding carboxylic acids is 1. The Morgan fingerprint density at radius 2 is 2.00 bits per heavy atom. The minimum atomic E-state index is -0.432. The molecular weight excluding hydrogens is 334 g/mol. The van der Waals surface area contributed by atoms with E-state index in [-0.39, 0.29) is 11.6 Å². The van der Waals surface area contributed by atoms with Crippen LogP contribution in [0.5, 0.6) is 0 Å². The first-order valence-electron chi connectivity index (χ1n) is 9.12. The summed E-state index contributed by atoms with van der Waals surface area (Å²) in [5.41, 5.74) is 4.00. The average Bonchev–Trinajstić information content (AvgIpc) is 2.64. The van der Waals surface area contributed by atoms with E-state index in [0.29, 0.717) is 12.1 Å². The molecule has 142 valence electrons. The minimum absolute atomic E-state index is 0.00185. The van der Waals surface area contributed by atoms with Gasteiger partial charge in [0.05, 0.1) is 17.7 Å². The zero-order valence-electron chi connectivity index (χ0n) is 15.5. The third-order valence-corrected chi connectivity index (χ3v) is 4.53. The number of nitrogens with zero attached hydrogens (tertiary/aromatic N) is 4. The molecule has 1 aliphatic rings. The molecule has 0 spiro atoms. The summed E-state index contributed by atoms with van der Waals surface area (Å²) in [5.74, 6) is -0.169. The molecule has 1 N–H and O–H groups in total. The van der Waals surface area contributed by atoms with Crippen molar-refractivity contribution in [3.05, 3.63) is 33.9 Å². The van der Waals surface area contributed by atoms with Crippen LogP contribution in [0.3, 0.4) is 0 Å². The second-order valence-electron chi connectivity index (χ2n) is 6.30. The van der Waals surface area contributed by atoms with E-state index in [1.54, 1.807) is 6.07 Å². The Morgan fingerprint density at radius 1 is 1.31 bits per heavy atom. The van der Waals surface area contributed by atoms with Crippen molar-refractivity contribution in [3.63, 3.8) is 0 Å². The van der Waals surface area contributed by atoms with Gasteiger partial charge in [-0.3, -0.25) is 19.8 Å². The Hall–Kier alpha value is -2.48. The molecule has 1 saturated heterocycles. The molecule has 1 aromatic carbocycles. The van der Waals surface area contributed by atoms with Crippen LogP contribution in [0.25, 0.3) is 0 Å². The van der Waals surface area contributed by atoms with Crippen LogP contribution >= 0.6 is 0 Å². The lowest BCUT2D eigenvalue weighted by Gasteiger charge is -2.25. The molecule has 8 heteroatoms. The van der Waals surface area contributed by atoms with E-state index in [1.165, 1.54) is 24.8 Å². The van der Waals surface area contributed by atoms with Crippen LogP contribution in [0.2, 0.25) is 0 Å². The molecule has 0 bridgehead atoms. The second-order valence-corrected chi connectivity index (χ2v) is 6.30. The first-order valence-corrected chi connectivity index (χ1v) is 9.12. The smallest absolute Gasteiger partial charge is 0.270 e.